The van der Waals surface area contributed by atoms with Gasteiger partial charge in [0.15, 0.2) is 12.0 Å². The van der Waals surface area contributed by atoms with Crippen molar-refractivity contribution in [2.45, 2.75) is 40.0 Å². The Balaban J connectivity index is 1.76. The highest BCUT2D eigenvalue weighted by Crippen LogP contribution is 2.38. The van der Waals surface area contributed by atoms with Crippen molar-refractivity contribution in [2.24, 2.45) is 23.7 Å². The van der Waals surface area contributed by atoms with Crippen LogP contribution >= 0.6 is 0 Å². The molecule has 0 bridgehead atoms. The number of amides is 1. The van der Waals surface area contributed by atoms with Gasteiger partial charge < -0.3 is 9.73 Å². The number of carbonyl (C=O) groups is 1. The molecule has 0 aliphatic heterocycles. The second-order valence-electron chi connectivity index (χ2n) is 6.96. The first-order chi connectivity index (χ1) is 10.5. The van der Waals surface area contributed by atoms with Gasteiger partial charge in [-0.15, -0.1) is 0 Å². The highest BCUT2D eigenvalue weighted by molar-refractivity contribution is 5.94. The summed E-state index contributed by atoms with van der Waals surface area (Å²) >= 11 is 0. The Morgan fingerprint density at radius 3 is 2.95 bits per heavy atom. The standard InChI is InChI=1S/C18H24N2O2/c1-11(2)14-6-4-12(3)8-15(14)18(21)20-13-5-7-17-16(9-13)19-10-22-17/h5,7,9-12,14-15H,4,6,8H2,1-3H3,(H,20,21)/t12-,14+,15?/m1/s1. The van der Waals surface area contributed by atoms with E-state index in [1.54, 1.807) is 0 Å². The molecule has 0 saturated heterocycles. The van der Waals surface area contributed by atoms with Crippen LogP contribution in [0.15, 0.2) is 29.0 Å². The van der Waals surface area contributed by atoms with E-state index in [2.05, 4.69) is 31.1 Å². The molecule has 3 atom stereocenters. The quantitative estimate of drug-likeness (QED) is 0.909. The zero-order chi connectivity index (χ0) is 15.7. The lowest BCUT2D eigenvalue weighted by molar-refractivity contribution is -0.123. The number of rotatable bonds is 3. The number of oxazole rings is 1. The lowest BCUT2D eigenvalue weighted by atomic mass is 9.70. The number of carbonyl (C=O) groups excluding carboxylic acids is 1. The molecule has 1 N–H and O–H groups in total. The molecule has 1 aliphatic carbocycles. The van der Waals surface area contributed by atoms with Crippen molar-refractivity contribution in [3.8, 4) is 0 Å². The Bertz CT molecular complexity index is 662. The van der Waals surface area contributed by atoms with Crippen molar-refractivity contribution in [3.05, 3.63) is 24.6 Å². The van der Waals surface area contributed by atoms with Crippen LogP contribution in [-0.4, -0.2) is 10.9 Å². The summed E-state index contributed by atoms with van der Waals surface area (Å²) in [7, 11) is 0. The Morgan fingerprint density at radius 1 is 1.36 bits per heavy atom. The maximum atomic E-state index is 12.7. The first kappa shape index (κ1) is 15.1. The highest BCUT2D eigenvalue weighted by atomic mass is 16.3. The van der Waals surface area contributed by atoms with E-state index in [9.17, 15) is 4.79 Å². The summed E-state index contributed by atoms with van der Waals surface area (Å²) in [5.74, 6) is 1.90. The molecule has 1 aromatic carbocycles. The molecule has 1 unspecified atom stereocenters. The van der Waals surface area contributed by atoms with Crippen LogP contribution in [0.5, 0.6) is 0 Å². The van der Waals surface area contributed by atoms with Crippen LogP contribution < -0.4 is 5.32 Å². The van der Waals surface area contributed by atoms with E-state index in [1.165, 1.54) is 12.8 Å². The molecular weight excluding hydrogens is 276 g/mol. The van der Waals surface area contributed by atoms with Crippen molar-refractivity contribution in [2.75, 3.05) is 5.32 Å². The summed E-state index contributed by atoms with van der Waals surface area (Å²) in [6.45, 7) is 6.70. The number of anilines is 1. The van der Waals surface area contributed by atoms with Gasteiger partial charge in [0.25, 0.3) is 0 Å². The van der Waals surface area contributed by atoms with E-state index in [0.717, 1.165) is 29.6 Å². The first-order valence-corrected chi connectivity index (χ1v) is 8.18. The third-order valence-corrected chi connectivity index (χ3v) is 4.96. The van der Waals surface area contributed by atoms with Crippen LogP contribution in [0.25, 0.3) is 11.1 Å². The Kier molecular flexibility index (Phi) is 4.19. The molecule has 22 heavy (non-hydrogen) atoms. The molecule has 4 heteroatoms. The fourth-order valence-electron chi connectivity index (χ4n) is 3.67. The van der Waals surface area contributed by atoms with Crippen molar-refractivity contribution in [1.82, 2.24) is 4.98 Å². The van der Waals surface area contributed by atoms with E-state index < -0.39 is 0 Å². The average molecular weight is 300 g/mol. The SMILES string of the molecule is CC(C)[C@@H]1CC[C@@H](C)CC1C(=O)Nc1ccc2ocnc2c1. The van der Waals surface area contributed by atoms with Gasteiger partial charge in [0.05, 0.1) is 0 Å². The molecule has 1 saturated carbocycles. The van der Waals surface area contributed by atoms with Gasteiger partial charge >= 0.3 is 0 Å². The predicted molar refractivity (Wildman–Crippen MR) is 87.5 cm³/mol. The second-order valence-corrected chi connectivity index (χ2v) is 6.96. The van der Waals surface area contributed by atoms with E-state index >= 15 is 0 Å². The lowest BCUT2D eigenvalue weighted by Crippen LogP contribution is -2.36. The Morgan fingerprint density at radius 2 is 2.18 bits per heavy atom. The summed E-state index contributed by atoms with van der Waals surface area (Å²) in [5.41, 5.74) is 2.31. The van der Waals surface area contributed by atoms with Crippen LogP contribution in [0.3, 0.4) is 0 Å². The molecule has 1 amide bonds. The number of hydrogen-bond acceptors (Lipinski definition) is 3. The van der Waals surface area contributed by atoms with Gasteiger partial charge in [-0.1, -0.05) is 27.2 Å². The molecule has 3 rings (SSSR count). The van der Waals surface area contributed by atoms with Gasteiger partial charge in [0.2, 0.25) is 5.91 Å². The molecule has 1 fully saturated rings. The molecule has 1 aromatic heterocycles. The summed E-state index contributed by atoms with van der Waals surface area (Å²) in [5, 5.41) is 3.08. The second kappa shape index (κ2) is 6.11. The van der Waals surface area contributed by atoms with Gasteiger partial charge in [-0.2, -0.15) is 0 Å². The third-order valence-electron chi connectivity index (χ3n) is 4.96. The Hall–Kier alpha value is -1.84. The topological polar surface area (TPSA) is 55.1 Å². The van der Waals surface area contributed by atoms with Crippen molar-refractivity contribution in [1.29, 1.82) is 0 Å². The lowest BCUT2D eigenvalue weighted by Gasteiger charge is -2.36. The minimum Gasteiger partial charge on any atom is -0.443 e. The molecule has 4 nitrogen and oxygen atoms in total. The van der Waals surface area contributed by atoms with Crippen molar-refractivity contribution < 1.29 is 9.21 Å². The maximum absolute atomic E-state index is 12.7. The number of fused-ring (bicyclic) bond motifs is 1. The molecule has 1 aliphatic rings. The zero-order valence-corrected chi connectivity index (χ0v) is 13.5. The number of nitrogens with zero attached hydrogens (tertiary/aromatic N) is 1. The van der Waals surface area contributed by atoms with Gasteiger partial charge in [-0.25, -0.2) is 4.98 Å². The monoisotopic (exact) mass is 300 g/mol. The van der Waals surface area contributed by atoms with Gasteiger partial charge in [-0.05, 0) is 48.8 Å². The third kappa shape index (κ3) is 3.01. The predicted octanol–water partition coefficient (Wildman–Crippen LogP) is 4.47. The molecule has 0 radical (unpaired) electrons. The summed E-state index contributed by atoms with van der Waals surface area (Å²) in [6, 6.07) is 5.59. The summed E-state index contributed by atoms with van der Waals surface area (Å²) in [4.78, 5) is 16.9. The fraction of sp³-hybridized carbons (Fsp3) is 0.556. The van der Waals surface area contributed by atoms with Crippen molar-refractivity contribution >= 4 is 22.7 Å². The van der Waals surface area contributed by atoms with Crippen LogP contribution in [0.2, 0.25) is 0 Å². The van der Waals surface area contributed by atoms with E-state index in [4.69, 9.17) is 4.42 Å². The van der Waals surface area contributed by atoms with Crippen molar-refractivity contribution in [3.63, 3.8) is 0 Å². The molecule has 1 heterocycles. The number of hydrogen-bond donors (Lipinski definition) is 1. The van der Waals surface area contributed by atoms with Crippen LogP contribution in [0.1, 0.15) is 40.0 Å². The van der Waals surface area contributed by atoms with Gasteiger partial charge in [0, 0.05) is 11.6 Å². The first-order valence-electron chi connectivity index (χ1n) is 8.18. The molecular formula is C18H24N2O2. The van der Waals surface area contributed by atoms with E-state index in [0.29, 0.717) is 17.8 Å². The molecule has 2 aromatic rings. The average Bonchev–Trinajstić information content (AvgIpc) is 2.94. The molecule has 118 valence electrons. The van der Waals surface area contributed by atoms with E-state index in [-0.39, 0.29) is 11.8 Å². The number of benzene rings is 1. The highest BCUT2D eigenvalue weighted by Gasteiger charge is 2.35. The smallest absolute Gasteiger partial charge is 0.227 e. The van der Waals surface area contributed by atoms with Crippen LogP contribution in [-0.2, 0) is 4.79 Å². The maximum Gasteiger partial charge on any atom is 0.227 e. The fourth-order valence-corrected chi connectivity index (χ4v) is 3.67. The van der Waals surface area contributed by atoms with Crippen LogP contribution in [0, 0.1) is 23.7 Å². The largest absolute Gasteiger partial charge is 0.443 e. The normalized spacial score (nSPS) is 25.5. The van der Waals surface area contributed by atoms with Gasteiger partial charge in [-0.3, -0.25) is 4.79 Å². The number of aromatic nitrogens is 1. The summed E-state index contributed by atoms with van der Waals surface area (Å²) in [6.07, 6.45) is 4.80. The minimum atomic E-state index is 0.108. The summed E-state index contributed by atoms with van der Waals surface area (Å²) < 4.78 is 5.23. The molecule has 0 spiro atoms. The minimum absolute atomic E-state index is 0.108. The number of nitrogens with one attached hydrogen (secondary N) is 1. The van der Waals surface area contributed by atoms with Crippen LogP contribution in [0.4, 0.5) is 5.69 Å². The Labute approximate surface area is 131 Å². The van der Waals surface area contributed by atoms with Gasteiger partial charge in [0.1, 0.15) is 5.52 Å². The zero-order valence-electron chi connectivity index (χ0n) is 13.5. The van der Waals surface area contributed by atoms with E-state index in [1.807, 2.05) is 18.2 Å².